The number of benzene rings is 2. The van der Waals surface area contributed by atoms with Crippen LogP contribution in [0.25, 0.3) is 0 Å². The van der Waals surface area contributed by atoms with Gasteiger partial charge in [-0.2, -0.15) is 0 Å². The SMILES string of the molecule is CC.Cc1ccc(C(=O)NC2CC2)cc1Nc1nccn(C(=N)c2ccccc2)c1=N. The number of rotatable bonds is 5. The largest absolute Gasteiger partial charge is 0.349 e. The van der Waals surface area contributed by atoms with E-state index in [1.165, 1.54) is 4.57 Å². The molecule has 160 valence electrons. The van der Waals surface area contributed by atoms with E-state index < -0.39 is 0 Å². The third-order valence-corrected chi connectivity index (χ3v) is 4.84. The Morgan fingerprint density at radius 3 is 2.48 bits per heavy atom. The van der Waals surface area contributed by atoms with Crippen LogP contribution in [0.2, 0.25) is 0 Å². The average Bonchev–Trinajstić information content (AvgIpc) is 3.62. The van der Waals surface area contributed by atoms with Crippen molar-refractivity contribution in [3.63, 3.8) is 0 Å². The second-order valence-electron chi connectivity index (χ2n) is 7.11. The number of nitrogens with one attached hydrogen (secondary N) is 4. The quantitative estimate of drug-likeness (QED) is 0.370. The predicted octanol–water partition coefficient (Wildman–Crippen LogP) is 4.21. The van der Waals surface area contributed by atoms with Gasteiger partial charge in [0, 0.05) is 35.2 Å². The summed E-state index contributed by atoms with van der Waals surface area (Å²) in [4.78, 5) is 16.6. The van der Waals surface area contributed by atoms with Gasteiger partial charge >= 0.3 is 0 Å². The topological polar surface area (TPSA) is 107 Å². The molecule has 31 heavy (non-hydrogen) atoms. The number of aromatic nitrogens is 2. The van der Waals surface area contributed by atoms with Gasteiger partial charge in [0.05, 0.1) is 0 Å². The standard InChI is InChI=1S/C22H22N6O.C2H6/c1-14-7-8-16(22(29)26-17-9-10-17)13-18(14)27-21-20(24)28(12-11-25-21)19(23)15-5-3-2-4-6-15;1-2/h2-8,11-13,17,23-24H,9-10H2,1H3,(H,25,27)(H,26,29);1-2H3. The van der Waals surface area contributed by atoms with Crippen molar-refractivity contribution < 1.29 is 4.79 Å². The van der Waals surface area contributed by atoms with Crippen molar-refractivity contribution in [3.05, 3.63) is 83.1 Å². The molecule has 0 saturated heterocycles. The average molecular weight is 417 g/mol. The smallest absolute Gasteiger partial charge is 0.251 e. The van der Waals surface area contributed by atoms with Crippen LogP contribution in [0.3, 0.4) is 0 Å². The molecule has 7 heteroatoms. The second-order valence-corrected chi connectivity index (χ2v) is 7.11. The lowest BCUT2D eigenvalue weighted by molar-refractivity contribution is 0.0951. The molecule has 3 aromatic rings. The number of amides is 1. The highest BCUT2D eigenvalue weighted by molar-refractivity contribution is 5.98. The Labute approximate surface area is 182 Å². The van der Waals surface area contributed by atoms with Crippen LogP contribution < -0.4 is 16.1 Å². The number of carbonyl (C=O) groups is 1. The van der Waals surface area contributed by atoms with E-state index in [1.807, 2.05) is 57.2 Å². The monoisotopic (exact) mass is 416 g/mol. The summed E-state index contributed by atoms with van der Waals surface area (Å²) in [5.41, 5.74) is 2.98. The van der Waals surface area contributed by atoms with Crippen LogP contribution in [0.4, 0.5) is 11.5 Å². The van der Waals surface area contributed by atoms with E-state index in [0.717, 1.165) is 18.4 Å². The zero-order chi connectivity index (χ0) is 22.4. The molecular formula is C24H28N6O. The summed E-state index contributed by atoms with van der Waals surface area (Å²) in [7, 11) is 0. The lowest BCUT2D eigenvalue weighted by atomic mass is 10.1. The molecule has 1 saturated carbocycles. The van der Waals surface area contributed by atoms with E-state index >= 15 is 0 Å². The van der Waals surface area contributed by atoms with E-state index in [9.17, 15) is 4.79 Å². The first-order chi connectivity index (χ1) is 15.0. The maximum Gasteiger partial charge on any atom is 0.251 e. The fourth-order valence-corrected chi connectivity index (χ4v) is 2.96. The van der Waals surface area contributed by atoms with Crippen molar-refractivity contribution in [2.75, 3.05) is 5.32 Å². The molecule has 1 aliphatic rings. The van der Waals surface area contributed by atoms with Crippen LogP contribution >= 0.6 is 0 Å². The van der Waals surface area contributed by atoms with Gasteiger partial charge in [0.1, 0.15) is 5.84 Å². The second kappa shape index (κ2) is 9.84. The van der Waals surface area contributed by atoms with Crippen molar-refractivity contribution in [2.45, 2.75) is 39.7 Å². The number of hydrogen-bond acceptors (Lipinski definition) is 5. The first kappa shape index (κ1) is 22.0. The molecular weight excluding hydrogens is 388 g/mol. The molecule has 0 radical (unpaired) electrons. The van der Waals surface area contributed by atoms with Gasteiger partial charge in [-0.15, -0.1) is 0 Å². The van der Waals surface area contributed by atoms with Crippen LogP contribution in [0, 0.1) is 17.7 Å². The molecule has 0 spiro atoms. The van der Waals surface area contributed by atoms with Crippen molar-refractivity contribution in [1.82, 2.24) is 14.9 Å². The van der Waals surface area contributed by atoms with Crippen LogP contribution in [-0.2, 0) is 0 Å². The molecule has 0 atom stereocenters. The summed E-state index contributed by atoms with van der Waals surface area (Å²) >= 11 is 0. The zero-order valence-electron chi connectivity index (χ0n) is 18.1. The van der Waals surface area contributed by atoms with Gasteiger partial charge in [-0.1, -0.05) is 50.2 Å². The molecule has 1 amide bonds. The molecule has 2 aromatic carbocycles. The van der Waals surface area contributed by atoms with Crippen LogP contribution in [0.1, 0.15) is 48.2 Å². The number of nitrogens with zero attached hydrogens (tertiary/aromatic N) is 2. The summed E-state index contributed by atoms with van der Waals surface area (Å²) < 4.78 is 1.46. The van der Waals surface area contributed by atoms with Gasteiger partial charge < -0.3 is 10.6 Å². The van der Waals surface area contributed by atoms with E-state index in [1.54, 1.807) is 24.5 Å². The lowest BCUT2D eigenvalue weighted by Gasteiger charge is -2.14. The van der Waals surface area contributed by atoms with Crippen LogP contribution in [0.5, 0.6) is 0 Å². The Hall–Kier alpha value is -3.74. The first-order valence-electron chi connectivity index (χ1n) is 10.5. The molecule has 1 aromatic heterocycles. The Kier molecular flexibility index (Phi) is 6.97. The van der Waals surface area contributed by atoms with Crippen molar-refractivity contribution in [2.24, 2.45) is 0 Å². The molecule has 1 aliphatic carbocycles. The number of hydrogen-bond donors (Lipinski definition) is 4. The Morgan fingerprint density at radius 1 is 1.10 bits per heavy atom. The van der Waals surface area contributed by atoms with E-state index in [-0.39, 0.29) is 17.2 Å². The number of carbonyl (C=O) groups excluding carboxylic acids is 1. The zero-order valence-corrected chi connectivity index (χ0v) is 18.1. The summed E-state index contributed by atoms with van der Waals surface area (Å²) in [6.07, 6.45) is 5.21. The van der Waals surface area contributed by atoms with E-state index in [4.69, 9.17) is 10.8 Å². The Morgan fingerprint density at radius 2 is 1.81 bits per heavy atom. The molecule has 4 N–H and O–H groups in total. The van der Waals surface area contributed by atoms with Gasteiger partial charge in [0.15, 0.2) is 11.3 Å². The maximum absolute atomic E-state index is 12.4. The summed E-state index contributed by atoms with van der Waals surface area (Å²) in [5.74, 6) is 0.412. The third kappa shape index (κ3) is 5.25. The van der Waals surface area contributed by atoms with Gasteiger partial charge in [0.25, 0.3) is 5.91 Å². The Balaban J connectivity index is 0.00000132. The van der Waals surface area contributed by atoms with E-state index in [2.05, 4.69) is 15.6 Å². The van der Waals surface area contributed by atoms with Crippen molar-refractivity contribution in [1.29, 1.82) is 10.8 Å². The Bertz CT molecular complexity index is 1130. The molecule has 0 unspecified atom stereocenters. The number of aryl methyl sites for hydroxylation is 1. The molecule has 1 heterocycles. The van der Waals surface area contributed by atoms with Gasteiger partial charge in [-0.3, -0.25) is 20.2 Å². The summed E-state index contributed by atoms with van der Waals surface area (Å²) in [6.45, 7) is 5.93. The normalized spacial score (nSPS) is 12.4. The maximum atomic E-state index is 12.4. The summed E-state index contributed by atoms with van der Waals surface area (Å²) in [6, 6.07) is 15.0. The summed E-state index contributed by atoms with van der Waals surface area (Å²) in [5, 5.41) is 23.1. The molecule has 0 aliphatic heterocycles. The molecule has 0 bridgehead atoms. The molecule has 7 nitrogen and oxygen atoms in total. The minimum absolute atomic E-state index is 0.0635. The highest BCUT2D eigenvalue weighted by atomic mass is 16.1. The number of anilines is 2. The highest BCUT2D eigenvalue weighted by Crippen LogP contribution is 2.22. The van der Waals surface area contributed by atoms with Crippen LogP contribution in [-0.4, -0.2) is 27.3 Å². The molecule has 1 fully saturated rings. The minimum atomic E-state index is -0.0939. The van der Waals surface area contributed by atoms with Crippen LogP contribution in [0.15, 0.2) is 60.9 Å². The highest BCUT2D eigenvalue weighted by Gasteiger charge is 2.24. The van der Waals surface area contributed by atoms with Crippen molar-refractivity contribution >= 4 is 23.2 Å². The van der Waals surface area contributed by atoms with E-state index in [0.29, 0.717) is 28.7 Å². The van der Waals surface area contributed by atoms with Crippen molar-refractivity contribution in [3.8, 4) is 0 Å². The predicted molar refractivity (Wildman–Crippen MR) is 123 cm³/mol. The fourth-order valence-electron chi connectivity index (χ4n) is 2.96. The molecule has 4 rings (SSSR count). The van der Waals surface area contributed by atoms with Gasteiger partial charge in [0.2, 0.25) is 0 Å². The lowest BCUT2D eigenvalue weighted by Crippen LogP contribution is -2.29. The first-order valence-corrected chi connectivity index (χ1v) is 10.5. The van der Waals surface area contributed by atoms with Gasteiger partial charge in [-0.05, 0) is 37.5 Å². The minimum Gasteiger partial charge on any atom is -0.349 e. The fraction of sp³-hybridized carbons (Fsp3) is 0.250. The third-order valence-electron chi connectivity index (χ3n) is 4.84. The van der Waals surface area contributed by atoms with Gasteiger partial charge in [-0.25, -0.2) is 4.98 Å².